The average molecular weight is 299 g/mol. The molecule has 8 heteroatoms. The summed E-state index contributed by atoms with van der Waals surface area (Å²) in [4.78, 5) is 0. The summed E-state index contributed by atoms with van der Waals surface area (Å²) in [7, 11) is 0. The maximum atomic E-state index is 13.6. The lowest BCUT2D eigenvalue weighted by Crippen LogP contribution is -2.04. The van der Waals surface area contributed by atoms with Crippen LogP contribution in [-0.2, 0) is 0 Å². The Hall–Kier alpha value is -2.33. The minimum absolute atomic E-state index is 0.420. The Kier molecular flexibility index (Phi) is 4.67. The lowest BCUT2D eigenvalue weighted by atomic mass is 10.2. The Labute approximate surface area is 116 Å². The maximum absolute atomic E-state index is 13.6. The number of hydrogen-bond acceptors (Lipinski definition) is 4. The van der Waals surface area contributed by atoms with Crippen molar-refractivity contribution in [3.05, 3.63) is 39.0 Å². The SMILES string of the molecule is N#CC(C#N)=C(C#N)Nc1cc(Cl)c(F)c(Cl)c1F. The van der Waals surface area contributed by atoms with E-state index in [1.807, 2.05) is 0 Å². The molecular weight excluding hydrogens is 297 g/mol. The highest BCUT2D eigenvalue weighted by Crippen LogP contribution is 2.32. The Bertz CT molecular complexity index is 677. The van der Waals surface area contributed by atoms with Crippen LogP contribution in [0.15, 0.2) is 17.3 Å². The zero-order valence-electron chi connectivity index (χ0n) is 8.93. The first kappa shape index (κ1) is 14.7. The molecule has 0 radical (unpaired) electrons. The summed E-state index contributed by atoms with van der Waals surface area (Å²) >= 11 is 10.8. The van der Waals surface area contributed by atoms with Crippen molar-refractivity contribution in [3.8, 4) is 18.2 Å². The molecule has 0 bridgehead atoms. The fourth-order valence-corrected chi connectivity index (χ4v) is 1.54. The number of benzene rings is 1. The summed E-state index contributed by atoms with van der Waals surface area (Å²) in [5.74, 6) is -2.33. The molecule has 0 aromatic heterocycles. The van der Waals surface area contributed by atoms with Gasteiger partial charge in [0.25, 0.3) is 0 Å². The Morgan fingerprint density at radius 1 is 1.05 bits per heavy atom. The van der Waals surface area contributed by atoms with E-state index in [-0.39, 0.29) is 0 Å². The van der Waals surface area contributed by atoms with Crippen molar-refractivity contribution in [2.24, 2.45) is 0 Å². The van der Waals surface area contributed by atoms with Crippen LogP contribution in [-0.4, -0.2) is 0 Å². The Morgan fingerprint density at radius 3 is 2.11 bits per heavy atom. The lowest BCUT2D eigenvalue weighted by Gasteiger charge is -2.08. The van der Waals surface area contributed by atoms with Crippen LogP contribution in [0.4, 0.5) is 14.5 Å². The number of nitriles is 3. The first-order valence-electron chi connectivity index (χ1n) is 4.50. The third kappa shape index (κ3) is 2.92. The minimum atomic E-state index is -1.19. The van der Waals surface area contributed by atoms with Gasteiger partial charge < -0.3 is 5.32 Å². The zero-order valence-corrected chi connectivity index (χ0v) is 10.4. The monoisotopic (exact) mass is 298 g/mol. The predicted octanol–water partition coefficient (Wildman–Crippen LogP) is 3.51. The summed E-state index contributed by atoms with van der Waals surface area (Å²) in [6.07, 6.45) is 0. The predicted molar refractivity (Wildman–Crippen MR) is 63.9 cm³/mol. The van der Waals surface area contributed by atoms with E-state index in [2.05, 4.69) is 5.32 Å². The molecule has 0 unspecified atom stereocenters. The van der Waals surface area contributed by atoms with Crippen molar-refractivity contribution in [1.82, 2.24) is 0 Å². The van der Waals surface area contributed by atoms with Crippen molar-refractivity contribution in [3.63, 3.8) is 0 Å². The van der Waals surface area contributed by atoms with Crippen LogP contribution < -0.4 is 5.32 Å². The fraction of sp³-hybridized carbons (Fsp3) is 0. The molecule has 1 N–H and O–H groups in total. The van der Waals surface area contributed by atoms with Gasteiger partial charge in [0, 0.05) is 0 Å². The number of rotatable bonds is 2. The normalized spacial score (nSPS) is 8.89. The van der Waals surface area contributed by atoms with Crippen molar-refractivity contribution >= 4 is 28.9 Å². The van der Waals surface area contributed by atoms with Crippen LogP contribution in [0.25, 0.3) is 0 Å². The Balaban J connectivity index is 3.38. The van der Waals surface area contributed by atoms with Gasteiger partial charge in [0.1, 0.15) is 28.9 Å². The smallest absolute Gasteiger partial charge is 0.168 e. The van der Waals surface area contributed by atoms with Crippen LogP contribution in [0, 0.1) is 45.6 Å². The van der Waals surface area contributed by atoms with Gasteiger partial charge in [-0.05, 0) is 6.07 Å². The summed E-state index contributed by atoms with van der Waals surface area (Å²) < 4.78 is 26.8. The molecule has 0 saturated carbocycles. The van der Waals surface area contributed by atoms with E-state index < -0.39 is 38.6 Å². The second-order valence-electron chi connectivity index (χ2n) is 3.06. The molecule has 0 saturated heterocycles. The van der Waals surface area contributed by atoms with E-state index in [4.69, 9.17) is 39.0 Å². The highest BCUT2D eigenvalue weighted by atomic mass is 35.5. The van der Waals surface area contributed by atoms with E-state index in [1.54, 1.807) is 0 Å². The highest BCUT2D eigenvalue weighted by molar-refractivity contribution is 6.35. The van der Waals surface area contributed by atoms with Gasteiger partial charge in [0.05, 0.1) is 10.7 Å². The molecule has 19 heavy (non-hydrogen) atoms. The van der Waals surface area contributed by atoms with Gasteiger partial charge >= 0.3 is 0 Å². The molecule has 94 valence electrons. The van der Waals surface area contributed by atoms with Crippen LogP contribution in [0.5, 0.6) is 0 Å². The van der Waals surface area contributed by atoms with Gasteiger partial charge in [0.15, 0.2) is 17.2 Å². The Morgan fingerprint density at radius 2 is 1.63 bits per heavy atom. The van der Waals surface area contributed by atoms with E-state index in [1.165, 1.54) is 18.2 Å². The second kappa shape index (κ2) is 6.02. The standard InChI is InChI=1S/C11H2Cl2F2N4/c12-6-1-7(11(15)9(13)10(6)14)19-8(4-18)5(2-16)3-17/h1,19H. The molecule has 1 aromatic rings. The molecule has 0 amide bonds. The van der Waals surface area contributed by atoms with Crippen LogP contribution >= 0.6 is 23.2 Å². The van der Waals surface area contributed by atoms with Crippen LogP contribution in [0.2, 0.25) is 10.0 Å². The first-order valence-corrected chi connectivity index (χ1v) is 5.26. The number of nitrogens with one attached hydrogen (secondary N) is 1. The maximum Gasteiger partial charge on any atom is 0.168 e. The quantitative estimate of drug-likeness (QED) is 0.514. The van der Waals surface area contributed by atoms with E-state index >= 15 is 0 Å². The topological polar surface area (TPSA) is 83.4 Å². The summed E-state index contributed by atoms with van der Waals surface area (Å²) in [5, 5.41) is 26.8. The second-order valence-corrected chi connectivity index (χ2v) is 3.84. The molecule has 0 aliphatic carbocycles. The molecule has 0 spiro atoms. The first-order chi connectivity index (χ1) is 8.96. The molecule has 0 heterocycles. The van der Waals surface area contributed by atoms with Crippen molar-refractivity contribution in [2.75, 3.05) is 5.32 Å². The van der Waals surface area contributed by atoms with Crippen molar-refractivity contribution < 1.29 is 8.78 Å². The summed E-state index contributed by atoms with van der Waals surface area (Å²) in [5.41, 5.74) is -1.47. The molecule has 0 atom stereocenters. The van der Waals surface area contributed by atoms with Gasteiger partial charge in [-0.15, -0.1) is 0 Å². The fourth-order valence-electron chi connectivity index (χ4n) is 1.08. The molecule has 0 aliphatic rings. The molecule has 1 rings (SSSR count). The van der Waals surface area contributed by atoms with Gasteiger partial charge in [-0.2, -0.15) is 15.8 Å². The van der Waals surface area contributed by atoms with Gasteiger partial charge in [-0.1, -0.05) is 23.2 Å². The molecule has 4 nitrogen and oxygen atoms in total. The molecular formula is C11H2Cl2F2N4. The third-order valence-electron chi connectivity index (χ3n) is 1.95. The van der Waals surface area contributed by atoms with Gasteiger partial charge in [0.2, 0.25) is 0 Å². The largest absolute Gasteiger partial charge is 0.343 e. The number of hydrogen-bond donors (Lipinski definition) is 1. The number of nitrogens with zero attached hydrogens (tertiary/aromatic N) is 3. The summed E-state index contributed by atoms with van der Waals surface area (Å²) in [6, 6.07) is 5.27. The third-order valence-corrected chi connectivity index (χ3v) is 2.55. The molecule has 0 fully saturated rings. The number of halogens is 4. The number of allylic oxidation sites excluding steroid dienone is 2. The van der Waals surface area contributed by atoms with Crippen LogP contribution in [0.3, 0.4) is 0 Å². The van der Waals surface area contributed by atoms with E-state index in [0.29, 0.717) is 0 Å². The van der Waals surface area contributed by atoms with E-state index in [9.17, 15) is 8.78 Å². The van der Waals surface area contributed by atoms with Gasteiger partial charge in [-0.25, -0.2) is 8.78 Å². The van der Waals surface area contributed by atoms with Crippen LogP contribution in [0.1, 0.15) is 0 Å². The molecule has 1 aromatic carbocycles. The highest BCUT2D eigenvalue weighted by Gasteiger charge is 2.17. The van der Waals surface area contributed by atoms with Crippen molar-refractivity contribution in [1.29, 1.82) is 15.8 Å². The minimum Gasteiger partial charge on any atom is -0.343 e. The van der Waals surface area contributed by atoms with Gasteiger partial charge in [-0.3, -0.25) is 0 Å². The van der Waals surface area contributed by atoms with Crippen molar-refractivity contribution in [2.45, 2.75) is 0 Å². The summed E-state index contributed by atoms with van der Waals surface area (Å²) in [6.45, 7) is 0. The average Bonchev–Trinajstić information content (AvgIpc) is 2.42. The zero-order chi connectivity index (χ0) is 14.6. The molecule has 0 aliphatic heterocycles. The lowest BCUT2D eigenvalue weighted by molar-refractivity contribution is 0.587. The van der Waals surface area contributed by atoms with E-state index in [0.717, 1.165) is 6.07 Å². The number of anilines is 1.